The number of sulfonamides is 1. The Bertz CT molecular complexity index is 1030. The molecule has 0 radical (unpaired) electrons. The first-order chi connectivity index (χ1) is 13.3. The summed E-state index contributed by atoms with van der Waals surface area (Å²) in [4.78, 5) is 0. The van der Waals surface area contributed by atoms with Crippen LogP contribution >= 0.6 is 0 Å². The van der Waals surface area contributed by atoms with E-state index in [2.05, 4.69) is 10.2 Å². The van der Waals surface area contributed by atoms with Gasteiger partial charge in [0.15, 0.2) is 0 Å². The van der Waals surface area contributed by atoms with E-state index < -0.39 is 15.8 Å². The highest BCUT2D eigenvalue weighted by Gasteiger charge is 2.18. The highest BCUT2D eigenvalue weighted by atomic mass is 32.2. The molecule has 0 aliphatic heterocycles. The van der Waals surface area contributed by atoms with E-state index in [0.29, 0.717) is 36.2 Å². The topological polar surface area (TPSA) is 66.1 Å². The molecule has 3 aromatic rings. The summed E-state index contributed by atoms with van der Waals surface area (Å²) in [5.74, 6) is -0.890. The van der Waals surface area contributed by atoms with Crippen molar-refractivity contribution in [3.63, 3.8) is 0 Å². The Labute approximate surface area is 163 Å². The molecule has 0 unspecified atom stereocenters. The summed E-state index contributed by atoms with van der Waals surface area (Å²) in [6, 6.07) is 13.5. The lowest BCUT2D eigenvalue weighted by Gasteiger charge is -2.17. The van der Waals surface area contributed by atoms with E-state index in [1.807, 2.05) is 6.07 Å². The van der Waals surface area contributed by atoms with E-state index in [0.717, 1.165) is 5.69 Å². The number of H-pyrrole nitrogens is 1. The number of halogens is 2. The van der Waals surface area contributed by atoms with Gasteiger partial charge in [0.25, 0.3) is 0 Å². The fourth-order valence-electron chi connectivity index (χ4n) is 2.82. The molecule has 2 aromatic carbocycles. The highest BCUT2D eigenvalue weighted by molar-refractivity contribution is 7.88. The number of benzene rings is 2. The monoisotopic (exact) mass is 405 g/mol. The van der Waals surface area contributed by atoms with E-state index >= 15 is 0 Å². The van der Waals surface area contributed by atoms with Gasteiger partial charge in [0, 0.05) is 24.8 Å². The first-order valence-corrected chi connectivity index (χ1v) is 10.4. The number of aryl methyl sites for hydroxylation is 1. The SMILES string of the molecule is CN(CCCc1cc(-c2cccc(F)c2)n[nH]1)S(=O)(=O)Cc1ccc(F)cc1. The van der Waals surface area contributed by atoms with Crippen molar-refractivity contribution < 1.29 is 17.2 Å². The van der Waals surface area contributed by atoms with Crippen molar-refractivity contribution in [2.24, 2.45) is 0 Å². The zero-order chi connectivity index (χ0) is 20.1. The largest absolute Gasteiger partial charge is 0.282 e. The Hall–Kier alpha value is -2.58. The van der Waals surface area contributed by atoms with Gasteiger partial charge in [-0.2, -0.15) is 5.10 Å². The molecule has 0 spiro atoms. The molecule has 1 aromatic heterocycles. The summed E-state index contributed by atoms with van der Waals surface area (Å²) >= 11 is 0. The van der Waals surface area contributed by atoms with Crippen LogP contribution in [-0.4, -0.2) is 36.5 Å². The second-order valence-corrected chi connectivity index (χ2v) is 8.67. The standard InChI is InChI=1S/C20H21F2N3O2S/c1-25(28(26,27)14-15-7-9-17(21)10-8-15)11-3-6-19-13-20(24-23-19)16-4-2-5-18(22)12-16/h2,4-5,7-10,12-13H,3,6,11,14H2,1H3,(H,23,24). The van der Waals surface area contributed by atoms with Gasteiger partial charge in [-0.1, -0.05) is 24.3 Å². The lowest BCUT2D eigenvalue weighted by molar-refractivity contribution is 0.459. The van der Waals surface area contributed by atoms with Crippen LogP contribution in [0, 0.1) is 11.6 Å². The van der Waals surface area contributed by atoms with Crippen LogP contribution in [0.25, 0.3) is 11.3 Å². The smallest absolute Gasteiger partial charge is 0.218 e. The summed E-state index contributed by atoms with van der Waals surface area (Å²) in [6.07, 6.45) is 1.21. The van der Waals surface area contributed by atoms with Crippen molar-refractivity contribution in [3.05, 3.63) is 77.5 Å². The van der Waals surface area contributed by atoms with E-state index in [-0.39, 0.29) is 11.6 Å². The Morgan fingerprint density at radius 2 is 1.79 bits per heavy atom. The van der Waals surface area contributed by atoms with Gasteiger partial charge < -0.3 is 0 Å². The van der Waals surface area contributed by atoms with E-state index in [9.17, 15) is 17.2 Å². The predicted molar refractivity (Wildman–Crippen MR) is 104 cm³/mol. The fraction of sp³-hybridized carbons (Fsp3) is 0.250. The van der Waals surface area contributed by atoms with Gasteiger partial charge in [0.1, 0.15) is 11.6 Å². The lowest BCUT2D eigenvalue weighted by atomic mass is 10.1. The molecule has 5 nitrogen and oxygen atoms in total. The molecule has 1 N–H and O–H groups in total. The lowest BCUT2D eigenvalue weighted by Crippen LogP contribution is -2.29. The minimum Gasteiger partial charge on any atom is -0.282 e. The Balaban J connectivity index is 1.53. The van der Waals surface area contributed by atoms with E-state index in [1.54, 1.807) is 12.1 Å². The molecule has 0 aliphatic carbocycles. The minimum absolute atomic E-state index is 0.169. The van der Waals surface area contributed by atoms with Crippen LogP contribution in [0.4, 0.5) is 8.78 Å². The Kier molecular flexibility index (Phi) is 6.21. The number of hydrogen-bond acceptors (Lipinski definition) is 3. The van der Waals surface area contributed by atoms with Crippen LogP contribution in [0.2, 0.25) is 0 Å². The molecule has 28 heavy (non-hydrogen) atoms. The molecule has 0 fully saturated rings. The fourth-order valence-corrected chi connectivity index (χ4v) is 4.06. The van der Waals surface area contributed by atoms with Gasteiger partial charge in [-0.15, -0.1) is 0 Å². The number of nitrogens with zero attached hydrogens (tertiary/aromatic N) is 2. The van der Waals surface area contributed by atoms with Gasteiger partial charge in [-0.3, -0.25) is 5.10 Å². The van der Waals surface area contributed by atoms with Crippen LogP contribution in [0.15, 0.2) is 54.6 Å². The number of hydrogen-bond donors (Lipinski definition) is 1. The molecule has 0 amide bonds. The summed E-state index contributed by atoms with van der Waals surface area (Å²) < 4.78 is 52.4. The van der Waals surface area contributed by atoms with Crippen LogP contribution in [0.1, 0.15) is 17.7 Å². The highest BCUT2D eigenvalue weighted by Crippen LogP contribution is 2.19. The van der Waals surface area contributed by atoms with Crippen molar-refractivity contribution in [3.8, 4) is 11.3 Å². The zero-order valence-corrected chi connectivity index (χ0v) is 16.2. The third-order valence-corrected chi connectivity index (χ3v) is 6.24. The zero-order valence-electron chi connectivity index (χ0n) is 15.4. The number of rotatable bonds is 8. The molecule has 8 heteroatoms. The van der Waals surface area contributed by atoms with Crippen molar-refractivity contribution in [1.82, 2.24) is 14.5 Å². The molecule has 148 valence electrons. The Morgan fingerprint density at radius 1 is 1.04 bits per heavy atom. The first kappa shape index (κ1) is 20.2. The van der Waals surface area contributed by atoms with Gasteiger partial charge >= 0.3 is 0 Å². The molecule has 0 atom stereocenters. The molecule has 0 saturated carbocycles. The average molecular weight is 405 g/mol. The van der Waals surface area contributed by atoms with Gasteiger partial charge in [-0.05, 0) is 48.7 Å². The molecule has 1 heterocycles. The predicted octanol–water partition coefficient (Wildman–Crippen LogP) is 3.75. The van der Waals surface area contributed by atoms with Crippen LogP contribution in [-0.2, 0) is 22.2 Å². The average Bonchev–Trinajstić information content (AvgIpc) is 3.12. The second-order valence-electron chi connectivity index (χ2n) is 6.60. The van der Waals surface area contributed by atoms with Crippen LogP contribution in [0.5, 0.6) is 0 Å². The molecule has 0 bridgehead atoms. The van der Waals surface area contributed by atoms with Crippen molar-refractivity contribution in [1.29, 1.82) is 0 Å². The maximum atomic E-state index is 13.3. The second kappa shape index (κ2) is 8.62. The van der Waals surface area contributed by atoms with Crippen LogP contribution in [0.3, 0.4) is 0 Å². The quantitative estimate of drug-likeness (QED) is 0.621. The number of aromatic nitrogens is 2. The summed E-state index contributed by atoms with van der Waals surface area (Å²) in [7, 11) is -1.95. The Morgan fingerprint density at radius 3 is 2.50 bits per heavy atom. The van der Waals surface area contributed by atoms with Gasteiger partial charge in [0.05, 0.1) is 11.4 Å². The molecular formula is C20H21F2N3O2S. The summed E-state index contributed by atoms with van der Waals surface area (Å²) in [6.45, 7) is 0.345. The minimum atomic E-state index is -3.48. The third-order valence-electron chi connectivity index (χ3n) is 4.41. The summed E-state index contributed by atoms with van der Waals surface area (Å²) in [5, 5.41) is 7.09. The summed E-state index contributed by atoms with van der Waals surface area (Å²) in [5.41, 5.74) is 2.72. The first-order valence-electron chi connectivity index (χ1n) is 8.82. The van der Waals surface area contributed by atoms with Crippen molar-refractivity contribution in [2.45, 2.75) is 18.6 Å². The molecule has 0 saturated heterocycles. The van der Waals surface area contributed by atoms with Gasteiger partial charge in [0.2, 0.25) is 10.0 Å². The van der Waals surface area contributed by atoms with E-state index in [1.165, 1.54) is 47.8 Å². The maximum Gasteiger partial charge on any atom is 0.218 e. The van der Waals surface area contributed by atoms with E-state index in [4.69, 9.17) is 0 Å². The maximum absolute atomic E-state index is 13.3. The van der Waals surface area contributed by atoms with Crippen LogP contribution < -0.4 is 0 Å². The van der Waals surface area contributed by atoms with Crippen molar-refractivity contribution in [2.75, 3.05) is 13.6 Å². The number of aromatic amines is 1. The van der Waals surface area contributed by atoms with Gasteiger partial charge in [-0.25, -0.2) is 21.5 Å². The normalized spacial score (nSPS) is 11.9. The van der Waals surface area contributed by atoms with Crippen molar-refractivity contribution >= 4 is 10.0 Å². The molecular weight excluding hydrogens is 384 g/mol. The number of nitrogens with one attached hydrogen (secondary N) is 1. The molecule has 3 rings (SSSR count). The third kappa shape index (κ3) is 5.24. The molecule has 0 aliphatic rings.